The topological polar surface area (TPSA) is 50.7 Å². The van der Waals surface area contributed by atoms with Gasteiger partial charge >= 0.3 is 6.18 Å². The Balaban J connectivity index is 0.000000289. The van der Waals surface area contributed by atoms with Gasteiger partial charge in [0, 0.05) is 18.8 Å². The number of benzene rings is 2. The van der Waals surface area contributed by atoms with Crippen molar-refractivity contribution in [1.82, 2.24) is 0 Å². The second-order valence-corrected chi connectivity index (χ2v) is 5.75. The van der Waals surface area contributed by atoms with E-state index in [1.165, 1.54) is 24.3 Å². The third kappa shape index (κ3) is 7.60. The van der Waals surface area contributed by atoms with Gasteiger partial charge in [0.25, 0.3) is 0 Å². The van der Waals surface area contributed by atoms with Gasteiger partial charge in [-0.1, -0.05) is 31.0 Å². The van der Waals surface area contributed by atoms with E-state index in [0.29, 0.717) is 11.4 Å². The number of nitrogens with two attached hydrogens (primary N) is 1. The Kier molecular flexibility index (Phi) is 8.65. The first kappa shape index (κ1) is 22.3. The molecule has 0 unspecified atom stereocenters. The summed E-state index contributed by atoms with van der Waals surface area (Å²) in [6, 6.07) is 9.63. The highest BCUT2D eigenvalue weighted by Crippen LogP contribution is 2.28. The van der Waals surface area contributed by atoms with Gasteiger partial charge in [0.05, 0.1) is 11.3 Å². The van der Waals surface area contributed by atoms with Crippen LogP contribution in [0.15, 0.2) is 52.4 Å². The molecular weight excluding hydrogens is 358 g/mol. The van der Waals surface area contributed by atoms with Crippen LogP contribution >= 0.6 is 0 Å². The highest BCUT2D eigenvalue weighted by Gasteiger charge is 2.29. The molecule has 0 aromatic heterocycles. The molecule has 0 radical (unpaired) electrons. The van der Waals surface area contributed by atoms with E-state index in [-0.39, 0.29) is 5.69 Å². The zero-order valence-electron chi connectivity index (χ0n) is 15.5. The van der Waals surface area contributed by atoms with Gasteiger partial charge < -0.3 is 5.73 Å². The van der Waals surface area contributed by atoms with Crippen molar-refractivity contribution in [3.8, 4) is 0 Å². The first-order valence-corrected chi connectivity index (χ1v) is 8.37. The Morgan fingerprint density at radius 2 is 1.74 bits per heavy atom. The van der Waals surface area contributed by atoms with Crippen LogP contribution in [-0.4, -0.2) is 19.1 Å². The number of amidine groups is 1. The molecule has 7 heteroatoms. The summed E-state index contributed by atoms with van der Waals surface area (Å²) >= 11 is 0. The Hall–Kier alpha value is -2.70. The molecule has 0 aliphatic heterocycles. The molecule has 0 bridgehead atoms. The van der Waals surface area contributed by atoms with Crippen molar-refractivity contribution in [2.45, 2.75) is 32.9 Å². The molecule has 0 fully saturated rings. The smallest absolute Gasteiger partial charge is 0.396 e. The number of nitrogen functional groups attached to an aromatic ring is 1. The van der Waals surface area contributed by atoms with E-state index < -0.39 is 17.6 Å². The third-order valence-electron chi connectivity index (χ3n) is 3.48. The highest BCUT2D eigenvalue weighted by atomic mass is 19.4. The molecule has 27 heavy (non-hydrogen) atoms. The van der Waals surface area contributed by atoms with Gasteiger partial charge in [-0.3, -0.25) is 4.99 Å². The van der Waals surface area contributed by atoms with Gasteiger partial charge in [-0.15, -0.1) is 0 Å². The Bertz CT molecular complexity index is 779. The van der Waals surface area contributed by atoms with Crippen molar-refractivity contribution in [3.05, 3.63) is 65.0 Å². The van der Waals surface area contributed by atoms with E-state index in [4.69, 9.17) is 5.73 Å². The van der Waals surface area contributed by atoms with E-state index in [1.54, 1.807) is 26.3 Å². The average molecular weight is 381 g/mol. The van der Waals surface area contributed by atoms with Crippen LogP contribution in [0.4, 0.5) is 23.2 Å². The lowest BCUT2D eigenvalue weighted by molar-refractivity contribution is -0.137. The van der Waals surface area contributed by atoms with E-state index in [2.05, 4.69) is 16.9 Å². The summed E-state index contributed by atoms with van der Waals surface area (Å²) in [7, 11) is 1.63. The molecule has 0 aliphatic carbocycles. The molecule has 2 N–H and O–H groups in total. The molecule has 2 aromatic rings. The van der Waals surface area contributed by atoms with Gasteiger partial charge in [0.2, 0.25) is 0 Å². The largest absolute Gasteiger partial charge is 0.416 e. The van der Waals surface area contributed by atoms with Crippen LogP contribution in [0, 0.1) is 12.7 Å². The van der Waals surface area contributed by atoms with Crippen molar-refractivity contribution in [2.75, 3.05) is 12.8 Å². The maximum Gasteiger partial charge on any atom is 0.416 e. The lowest BCUT2D eigenvalue weighted by atomic mass is 10.1. The second-order valence-electron chi connectivity index (χ2n) is 5.75. The zero-order valence-corrected chi connectivity index (χ0v) is 15.5. The van der Waals surface area contributed by atoms with Crippen LogP contribution in [0.3, 0.4) is 0 Å². The first-order valence-electron chi connectivity index (χ1n) is 8.37. The Labute approximate surface area is 156 Å². The molecule has 0 saturated carbocycles. The number of hydrogen-bond acceptors (Lipinski definition) is 2. The molecule has 0 saturated heterocycles. The second kappa shape index (κ2) is 10.4. The van der Waals surface area contributed by atoms with Gasteiger partial charge in [-0.2, -0.15) is 13.2 Å². The number of unbranched alkanes of at least 4 members (excludes halogenated alkanes) is 1. The normalized spacial score (nSPS) is 12.0. The first-order chi connectivity index (χ1) is 12.7. The maximum atomic E-state index is 13.2. The molecule has 146 valence electrons. The van der Waals surface area contributed by atoms with Gasteiger partial charge in [-0.05, 0) is 43.7 Å². The minimum Gasteiger partial charge on any atom is -0.396 e. The fourth-order valence-corrected chi connectivity index (χ4v) is 1.95. The van der Waals surface area contributed by atoms with Crippen molar-refractivity contribution in [2.24, 2.45) is 9.98 Å². The number of aliphatic imine (C=N–C) groups is 2. The van der Waals surface area contributed by atoms with Crippen LogP contribution in [0.25, 0.3) is 0 Å². The number of hydrogen-bond donors (Lipinski definition) is 1. The molecule has 0 aliphatic rings. The fraction of sp³-hybridized carbons (Fsp3) is 0.300. The summed E-state index contributed by atoms with van der Waals surface area (Å²) in [5, 5.41) is 0. The van der Waals surface area contributed by atoms with Crippen LogP contribution in [0.2, 0.25) is 0 Å². The van der Waals surface area contributed by atoms with Crippen LogP contribution in [-0.2, 0) is 6.18 Å². The van der Waals surface area contributed by atoms with Crippen molar-refractivity contribution in [3.63, 3.8) is 0 Å². The predicted octanol–water partition coefficient (Wildman–Crippen LogP) is 5.67. The van der Waals surface area contributed by atoms with Crippen molar-refractivity contribution < 1.29 is 17.6 Å². The van der Waals surface area contributed by atoms with E-state index in [9.17, 15) is 17.6 Å². The molecule has 0 heterocycles. The monoisotopic (exact) mass is 381 g/mol. The molecule has 0 amide bonds. The minimum absolute atomic E-state index is 0.136. The molecular formula is C20H23F4N3. The number of rotatable bonds is 3. The van der Waals surface area contributed by atoms with E-state index >= 15 is 0 Å². The molecule has 2 aromatic carbocycles. The number of alkyl halides is 3. The van der Waals surface area contributed by atoms with Crippen LogP contribution < -0.4 is 5.73 Å². The van der Waals surface area contributed by atoms with Gasteiger partial charge in [-0.25, -0.2) is 9.38 Å². The summed E-state index contributed by atoms with van der Waals surface area (Å²) < 4.78 is 49.0. The lowest BCUT2D eigenvalue weighted by Gasteiger charge is -2.05. The number of nitrogens with zero attached hydrogens (tertiary/aromatic N) is 2. The summed E-state index contributed by atoms with van der Waals surface area (Å²) in [5.74, 6) is 0.0803. The zero-order chi connectivity index (χ0) is 20.4. The van der Waals surface area contributed by atoms with Gasteiger partial charge in [0.1, 0.15) is 5.82 Å². The fourth-order valence-electron chi connectivity index (χ4n) is 1.95. The maximum absolute atomic E-state index is 13.2. The molecule has 3 nitrogen and oxygen atoms in total. The van der Waals surface area contributed by atoms with Crippen molar-refractivity contribution >= 4 is 17.7 Å². The Morgan fingerprint density at radius 3 is 2.22 bits per heavy atom. The average Bonchev–Trinajstić information content (AvgIpc) is 2.61. The third-order valence-corrected chi connectivity index (χ3v) is 3.48. The number of anilines is 1. The predicted molar refractivity (Wildman–Crippen MR) is 103 cm³/mol. The number of halogens is 4. The van der Waals surface area contributed by atoms with Crippen LogP contribution in [0.1, 0.15) is 36.5 Å². The number of aryl methyl sites for hydroxylation is 1. The minimum atomic E-state index is -4.21. The van der Waals surface area contributed by atoms with E-state index in [0.717, 1.165) is 30.5 Å². The molecule has 0 spiro atoms. The summed E-state index contributed by atoms with van der Waals surface area (Å²) in [6.45, 7) is 3.82. The SMILES string of the molecule is CCCC=NC(=NC)c1ccc(N)c(F)c1.Cc1ccc(C(F)(F)F)cc1. The molecule has 2 rings (SSSR count). The van der Waals surface area contributed by atoms with Crippen molar-refractivity contribution in [1.29, 1.82) is 0 Å². The highest BCUT2D eigenvalue weighted by molar-refractivity contribution is 6.03. The lowest BCUT2D eigenvalue weighted by Crippen LogP contribution is -2.03. The standard InChI is InChI=1S/C12H16FN3.C8H7F3/c1-3-4-7-16-12(15-2)9-5-6-11(14)10(13)8-9;1-6-2-4-7(5-3-6)8(9,10)11/h5-8H,3-4,14H2,1-2H3;2-5H,1H3. The summed E-state index contributed by atoms with van der Waals surface area (Å²) in [6.07, 6.45) is -0.517. The van der Waals surface area contributed by atoms with E-state index in [1.807, 2.05) is 0 Å². The molecule has 0 atom stereocenters. The van der Waals surface area contributed by atoms with Gasteiger partial charge in [0.15, 0.2) is 5.84 Å². The van der Waals surface area contributed by atoms with Crippen LogP contribution in [0.5, 0.6) is 0 Å². The summed E-state index contributed by atoms with van der Waals surface area (Å²) in [4.78, 5) is 8.20. The quantitative estimate of drug-likeness (QED) is 0.317. The summed E-state index contributed by atoms with van der Waals surface area (Å²) in [5.41, 5.74) is 6.41. The Morgan fingerprint density at radius 1 is 1.11 bits per heavy atom.